The van der Waals surface area contributed by atoms with Crippen LogP contribution in [0.5, 0.6) is 0 Å². The summed E-state index contributed by atoms with van der Waals surface area (Å²) in [5.74, 6) is 0.246. The predicted octanol–water partition coefficient (Wildman–Crippen LogP) is 5.30. The molecule has 0 bridgehead atoms. The molecule has 1 N–H and O–H groups in total. The van der Waals surface area contributed by atoms with Crippen LogP contribution in [0, 0.1) is 0 Å². The predicted molar refractivity (Wildman–Crippen MR) is 111 cm³/mol. The van der Waals surface area contributed by atoms with Crippen molar-refractivity contribution < 1.29 is 4.79 Å². The van der Waals surface area contributed by atoms with E-state index >= 15 is 0 Å². The number of benzene rings is 2. The van der Waals surface area contributed by atoms with E-state index in [-0.39, 0.29) is 30.3 Å². The van der Waals surface area contributed by atoms with E-state index < -0.39 is 0 Å². The van der Waals surface area contributed by atoms with E-state index in [1.165, 1.54) is 5.56 Å². The van der Waals surface area contributed by atoms with Crippen LogP contribution in [-0.4, -0.2) is 32.0 Å². The number of carbonyl (C=O) groups excluding carboxylic acids is 1. The van der Waals surface area contributed by atoms with Crippen molar-refractivity contribution in [2.75, 3.05) is 21.1 Å². The van der Waals surface area contributed by atoms with Gasteiger partial charge >= 0.3 is 0 Å². The molecule has 3 rings (SSSR count). The lowest BCUT2D eigenvalue weighted by atomic mass is 9.75. The Morgan fingerprint density at radius 1 is 1.12 bits per heavy atom. The summed E-state index contributed by atoms with van der Waals surface area (Å²) < 4.78 is 0. The van der Waals surface area contributed by atoms with Gasteiger partial charge < -0.3 is 10.2 Å². The summed E-state index contributed by atoms with van der Waals surface area (Å²) >= 11 is 12.3. The maximum Gasteiger partial charge on any atom is 0.253 e. The highest BCUT2D eigenvalue weighted by molar-refractivity contribution is 6.42. The van der Waals surface area contributed by atoms with E-state index in [2.05, 4.69) is 11.4 Å². The van der Waals surface area contributed by atoms with Gasteiger partial charge in [0.25, 0.3) is 5.91 Å². The second-order valence-corrected chi connectivity index (χ2v) is 7.47. The molecular weight excluding hydrogens is 391 g/mol. The quantitative estimate of drug-likeness (QED) is 0.740. The standard InChI is InChI=1S/C20H22Cl2N2O.ClH/c1-23-18-10-8-13(12-7-9-16(21)17(22)11-12)14-5-4-6-15(19(14)18)20(25)24(2)3;/h4-7,9,11,13,18,23H,8,10H2,1-3H3;1H/t13-,18-;/m0./s1. The zero-order valence-electron chi connectivity index (χ0n) is 15.1. The van der Waals surface area contributed by atoms with Crippen molar-refractivity contribution in [2.45, 2.75) is 24.8 Å². The minimum atomic E-state index is 0. The first-order valence-corrected chi connectivity index (χ1v) is 9.16. The highest BCUT2D eigenvalue weighted by atomic mass is 35.5. The number of rotatable bonds is 3. The van der Waals surface area contributed by atoms with E-state index in [0.29, 0.717) is 10.0 Å². The maximum atomic E-state index is 12.7. The fourth-order valence-corrected chi connectivity index (χ4v) is 4.01. The molecule has 0 saturated carbocycles. The van der Waals surface area contributed by atoms with E-state index in [1.54, 1.807) is 19.0 Å². The van der Waals surface area contributed by atoms with E-state index in [1.807, 2.05) is 37.4 Å². The zero-order chi connectivity index (χ0) is 18.1. The molecule has 1 aliphatic carbocycles. The highest BCUT2D eigenvalue weighted by Crippen LogP contribution is 2.43. The van der Waals surface area contributed by atoms with Crippen molar-refractivity contribution in [2.24, 2.45) is 0 Å². The van der Waals surface area contributed by atoms with Gasteiger partial charge in [-0.3, -0.25) is 4.79 Å². The summed E-state index contributed by atoms with van der Waals surface area (Å²) in [7, 11) is 5.52. The Bertz CT molecular complexity index is 808. The highest BCUT2D eigenvalue weighted by Gasteiger charge is 2.31. The second-order valence-electron chi connectivity index (χ2n) is 6.65. The number of halogens is 3. The second kappa shape index (κ2) is 8.62. The molecule has 6 heteroatoms. The van der Waals surface area contributed by atoms with Crippen LogP contribution in [0.2, 0.25) is 10.0 Å². The van der Waals surface area contributed by atoms with Gasteiger partial charge in [-0.1, -0.05) is 41.4 Å². The van der Waals surface area contributed by atoms with Gasteiger partial charge in [0.2, 0.25) is 0 Å². The Kier molecular flexibility index (Phi) is 6.98. The van der Waals surface area contributed by atoms with Crippen LogP contribution in [0.4, 0.5) is 0 Å². The smallest absolute Gasteiger partial charge is 0.253 e. The van der Waals surface area contributed by atoms with Crippen LogP contribution in [0.3, 0.4) is 0 Å². The van der Waals surface area contributed by atoms with Gasteiger partial charge in [0, 0.05) is 31.6 Å². The zero-order valence-corrected chi connectivity index (χ0v) is 17.4. The van der Waals surface area contributed by atoms with Gasteiger partial charge in [0.15, 0.2) is 0 Å². The fraction of sp³-hybridized carbons (Fsp3) is 0.350. The fourth-order valence-electron chi connectivity index (χ4n) is 3.70. The largest absolute Gasteiger partial charge is 0.345 e. The summed E-state index contributed by atoms with van der Waals surface area (Å²) in [5.41, 5.74) is 4.20. The maximum absolute atomic E-state index is 12.7. The first-order valence-electron chi connectivity index (χ1n) is 8.40. The van der Waals surface area contributed by atoms with E-state index in [0.717, 1.165) is 29.5 Å². The molecule has 2 aromatic carbocycles. The number of carbonyl (C=O) groups is 1. The minimum absolute atomic E-state index is 0. The van der Waals surface area contributed by atoms with Gasteiger partial charge in [-0.25, -0.2) is 0 Å². The average molecular weight is 414 g/mol. The lowest BCUT2D eigenvalue weighted by Crippen LogP contribution is -2.30. The van der Waals surface area contributed by atoms with Crippen LogP contribution >= 0.6 is 35.6 Å². The number of fused-ring (bicyclic) bond motifs is 1. The summed E-state index contributed by atoms with van der Waals surface area (Å²) in [6, 6.07) is 12.0. The minimum Gasteiger partial charge on any atom is -0.345 e. The molecule has 2 aromatic rings. The van der Waals surface area contributed by atoms with Crippen LogP contribution < -0.4 is 5.32 Å². The van der Waals surface area contributed by atoms with Crippen molar-refractivity contribution >= 4 is 41.5 Å². The summed E-state index contributed by atoms with van der Waals surface area (Å²) in [6.07, 6.45) is 1.96. The Morgan fingerprint density at radius 2 is 1.85 bits per heavy atom. The lowest BCUT2D eigenvalue weighted by molar-refractivity contribution is 0.0825. The van der Waals surface area contributed by atoms with Gasteiger partial charge in [-0.05, 0) is 54.8 Å². The van der Waals surface area contributed by atoms with E-state index in [4.69, 9.17) is 23.2 Å². The summed E-state index contributed by atoms with van der Waals surface area (Å²) in [5, 5.41) is 4.50. The molecule has 3 nitrogen and oxygen atoms in total. The number of hydrogen-bond acceptors (Lipinski definition) is 2. The van der Waals surface area contributed by atoms with Gasteiger partial charge in [-0.2, -0.15) is 0 Å². The monoisotopic (exact) mass is 412 g/mol. The molecule has 1 aliphatic rings. The molecular formula is C20H23Cl3N2O. The lowest BCUT2D eigenvalue weighted by Gasteiger charge is -2.34. The molecule has 0 fully saturated rings. The molecule has 0 saturated heterocycles. The Balaban J connectivity index is 0.00000243. The molecule has 0 aromatic heterocycles. The van der Waals surface area contributed by atoms with Crippen LogP contribution in [0.15, 0.2) is 36.4 Å². The first-order chi connectivity index (χ1) is 11.9. The molecule has 26 heavy (non-hydrogen) atoms. The van der Waals surface area contributed by atoms with Crippen LogP contribution in [-0.2, 0) is 0 Å². The number of amides is 1. The summed E-state index contributed by atoms with van der Waals surface area (Å²) in [6.45, 7) is 0. The third kappa shape index (κ3) is 3.86. The molecule has 0 heterocycles. The van der Waals surface area contributed by atoms with Crippen molar-refractivity contribution in [1.29, 1.82) is 0 Å². The molecule has 0 spiro atoms. The number of hydrogen-bond donors (Lipinski definition) is 1. The Morgan fingerprint density at radius 3 is 2.46 bits per heavy atom. The SMILES string of the molecule is CN[C@H]1CC[C@@H](c2ccc(Cl)c(Cl)c2)c2cccc(C(=O)N(C)C)c21.Cl. The van der Waals surface area contributed by atoms with E-state index in [9.17, 15) is 4.79 Å². The molecule has 0 unspecified atom stereocenters. The Hall–Kier alpha value is -1.26. The topological polar surface area (TPSA) is 32.3 Å². The average Bonchev–Trinajstić information content (AvgIpc) is 2.62. The molecule has 0 aliphatic heterocycles. The number of nitrogens with one attached hydrogen (secondary N) is 1. The van der Waals surface area contributed by atoms with Gasteiger partial charge in [0.05, 0.1) is 10.0 Å². The summed E-state index contributed by atoms with van der Waals surface area (Å²) in [4.78, 5) is 14.3. The first kappa shape index (κ1) is 21.0. The third-order valence-electron chi connectivity index (χ3n) is 4.94. The number of nitrogens with zero attached hydrogens (tertiary/aromatic N) is 1. The van der Waals surface area contributed by atoms with Crippen molar-refractivity contribution in [3.63, 3.8) is 0 Å². The molecule has 140 valence electrons. The van der Waals surface area contributed by atoms with Crippen molar-refractivity contribution in [3.8, 4) is 0 Å². The van der Waals surface area contributed by atoms with Crippen LogP contribution in [0.25, 0.3) is 0 Å². The Labute approximate surface area is 171 Å². The molecule has 1 amide bonds. The van der Waals surface area contributed by atoms with Crippen molar-refractivity contribution in [1.82, 2.24) is 10.2 Å². The van der Waals surface area contributed by atoms with Gasteiger partial charge in [-0.15, -0.1) is 12.4 Å². The van der Waals surface area contributed by atoms with Crippen LogP contribution in [0.1, 0.15) is 51.8 Å². The molecule has 0 radical (unpaired) electrons. The normalized spacial score (nSPS) is 18.7. The van der Waals surface area contributed by atoms with Gasteiger partial charge in [0.1, 0.15) is 0 Å². The third-order valence-corrected chi connectivity index (χ3v) is 5.68. The van der Waals surface area contributed by atoms with Crippen molar-refractivity contribution in [3.05, 3.63) is 68.7 Å². The molecule has 2 atom stereocenters.